The molecular weight excluding hydrogens is 445 g/mol. The van der Waals surface area contributed by atoms with E-state index in [-0.39, 0.29) is 5.91 Å². The third-order valence-corrected chi connectivity index (χ3v) is 5.55. The number of alkyl halides is 3. The second-order valence-corrected chi connectivity index (χ2v) is 7.85. The van der Waals surface area contributed by atoms with Crippen LogP contribution in [0.4, 0.5) is 13.2 Å². The van der Waals surface area contributed by atoms with E-state index in [1.165, 1.54) is 12.1 Å². The third kappa shape index (κ3) is 3.98. The standard InChI is InChI=1S/C24H19F3N6O/c1-32-14-20-19-12-15(23(34)30-9-8-17-13-28-10-11-29-17)2-7-21(19)33(22(20)31-32)18-5-3-16(4-6-18)24(25,26)27/h2-7,10-14H,8-9H2,1H3,(H,30,34). The summed E-state index contributed by atoms with van der Waals surface area (Å²) in [5.74, 6) is -0.231. The highest BCUT2D eigenvalue weighted by molar-refractivity contribution is 6.10. The number of hydrogen-bond acceptors (Lipinski definition) is 4. The van der Waals surface area contributed by atoms with Gasteiger partial charge in [0.2, 0.25) is 0 Å². The van der Waals surface area contributed by atoms with E-state index >= 15 is 0 Å². The van der Waals surface area contributed by atoms with Crippen molar-refractivity contribution in [1.29, 1.82) is 0 Å². The molecule has 10 heteroatoms. The molecule has 5 aromatic rings. The summed E-state index contributed by atoms with van der Waals surface area (Å²) in [7, 11) is 1.77. The van der Waals surface area contributed by atoms with Crippen LogP contribution in [0.15, 0.2) is 67.3 Å². The van der Waals surface area contributed by atoms with Crippen LogP contribution in [0.2, 0.25) is 0 Å². The number of carbonyl (C=O) groups excluding carboxylic acids is 1. The van der Waals surface area contributed by atoms with Crippen molar-refractivity contribution in [2.24, 2.45) is 7.05 Å². The Kier molecular flexibility index (Phi) is 5.27. The zero-order valence-corrected chi connectivity index (χ0v) is 18.0. The first kappa shape index (κ1) is 21.6. The van der Waals surface area contributed by atoms with Gasteiger partial charge in [-0.3, -0.25) is 24.0 Å². The Bertz CT molecular complexity index is 1490. The van der Waals surface area contributed by atoms with Crippen LogP contribution in [0.1, 0.15) is 21.6 Å². The monoisotopic (exact) mass is 464 g/mol. The molecule has 1 N–H and O–H groups in total. The number of aromatic nitrogens is 5. The number of carbonyl (C=O) groups is 1. The normalized spacial score (nSPS) is 11.9. The Hall–Kier alpha value is -4.21. The second kappa shape index (κ2) is 8.29. The molecule has 0 aliphatic rings. The van der Waals surface area contributed by atoms with Gasteiger partial charge in [0, 0.05) is 66.8 Å². The molecule has 0 aliphatic carbocycles. The highest BCUT2D eigenvalue weighted by Gasteiger charge is 2.30. The molecule has 0 spiro atoms. The molecule has 1 amide bonds. The van der Waals surface area contributed by atoms with Crippen LogP contribution in [0.25, 0.3) is 27.6 Å². The molecule has 7 nitrogen and oxygen atoms in total. The molecule has 0 saturated heterocycles. The third-order valence-electron chi connectivity index (χ3n) is 5.55. The number of benzene rings is 2. The van der Waals surface area contributed by atoms with Crippen molar-refractivity contribution in [3.8, 4) is 5.69 Å². The fraction of sp³-hybridized carbons (Fsp3) is 0.167. The lowest BCUT2D eigenvalue weighted by atomic mass is 10.1. The van der Waals surface area contributed by atoms with Crippen LogP contribution in [0, 0.1) is 0 Å². The van der Waals surface area contributed by atoms with Gasteiger partial charge in [-0.05, 0) is 42.5 Å². The van der Waals surface area contributed by atoms with Gasteiger partial charge in [0.1, 0.15) is 0 Å². The highest BCUT2D eigenvalue weighted by Crippen LogP contribution is 2.34. The molecule has 2 aromatic carbocycles. The summed E-state index contributed by atoms with van der Waals surface area (Å²) in [6, 6.07) is 10.2. The van der Waals surface area contributed by atoms with E-state index in [0.29, 0.717) is 29.9 Å². The molecule has 0 atom stereocenters. The predicted octanol–water partition coefficient (Wildman–Crippen LogP) is 4.30. The van der Waals surface area contributed by atoms with E-state index in [1.54, 1.807) is 53.1 Å². The van der Waals surface area contributed by atoms with Crippen molar-refractivity contribution in [3.63, 3.8) is 0 Å². The topological polar surface area (TPSA) is 77.6 Å². The summed E-state index contributed by atoms with van der Waals surface area (Å²) in [6.45, 7) is 0.407. The minimum Gasteiger partial charge on any atom is -0.352 e. The van der Waals surface area contributed by atoms with Crippen molar-refractivity contribution < 1.29 is 18.0 Å². The van der Waals surface area contributed by atoms with Crippen LogP contribution in [-0.4, -0.2) is 36.8 Å². The van der Waals surface area contributed by atoms with Gasteiger partial charge in [0.25, 0.3) is 5.91 Å². The smallest absolute Gasteiger partial charge is 0.352 e. The first-order valence-corrected chi connectivity index (χ1v) is 10.5. The average Bonchev–Trinajstić information content (AvgIpc) is 3.33. The Morgan fingerprint density at radius 1 is 1.06 bits per heavy atom. The number of hydrogen-bond donors (Lipinski definition) is 1. The maximum atomic E-state index is 13.0. The molecule has 0 radical (unpaired) electrons. The van der Waals surface area contributed by atoms with Crippen molar-refractivity contribution in [2.75, 3.05) is 6.54 Å². The quantitative estimate of drug-likeness (QED) is 0.421. The molecule has 5 rings (SSSR count). The van der Waals surface area contributed by atoms with Crippen LogP contribution in [0.3, 0.4) is 0 Å². The van der Waals surface area contributed by atoms with E-state index in [4.69, 9.17) is 0 Å². The van der Waals surface area contributed by atoms with Crippen molar-refractivity contribution in [1.82, 2.24) is 29.6 Å². The van der Waals surface area contributed by atoms with Crippen LogP contribution in [-0.2, 0) is 19.6 Å². The molecule has 3 heterocycles. The Morgan fingerprint density at radius 3 is 2.56 bits per heavy atom. The summed E-state index contributed by atoms with van der Waals surface area (Å²) in [6.07, 6.45) is 2.82. The molecule has 0 unspecified atom stereocenters. The molecule has 0 fully saturated rings. The molecule has 0 bridgehead atoms. The molecular formula is C24H19F3N6O. The summed E-state index contributed by atoms with van der Waals surface area (Å²) in [5, 5.41) is 8.96. The largest absolute Gasteiger partial charge is 0.416 e. The molecule has 3 aromatic heterocycles. The van der Waals surface area contributed by atoms with Crippen LogP contribution >= 0.6 is 0 Å². The van der Waals surface area contributed by atoms with E-state index < -0.39 is 11.7 Å². The number of nitrogens with zero attached hydrogens (tertiary/aromatic N) is 5. The predicted molar refractivity (Wildman–Crippen MR) is 121 cm³/mol. The summed E-state index contributed by atoms with van der Waals surface area (Å²) >= 11 is 0. The van der Waals surface area contributed by atoms with Gasteiger partial charge in [0.15, 0.2) is 5.65 Å². The second-order valence-electron chi connectivity index (χ2n) is 7.85. The van der Waals surface area contributed by atoms with Gasteiger partial charge in [-0.15, -0.1) is 0 Å². The lowest BCUT2D eigenvalue weighted by molar-refractivity contribution is -0.137. The Morgan fingerprint density at radius 2 is 1.85 bits per heavy atom. The Labute approximate surface area is 191 Å². The van der Waals surface area contributed by atoms with Crippen LogP contribution in [0.5, 0.6) is 0 Å². The van der Waals surface area contributed by atoms with Gasteiger partial charge in [-0.2, -0.15) is 18.3 Å². The minimum atomic E-state index is -4.41. The zero-order valence-electron chi connectivity index (χ0n) is 18.0. The van der Waals surface area contributed by atoms with Gasteiger partial charge in [0.05, 0.1) is 16.8 Å². The van der Waals surface area contributed by atoms with Crippen LogP contribution < -0.4 is 5.32 Å². The molecule has 0 aliphatic heterocycles. The van der Waals surface area contributed by atoms with Crippen molar-refractivity contribution in [3.05, 3.63) is 84.1 Å². The number of rotatable bonds is 5. The number of halogens is 3. The van der Waals surface area contributed by atoms with Gasteiger partial charge in [-0.25, -0.2) is 0 Å². The molecule has 172 valence electrons. The SMILES string of the molecule is Cn1cc2c3cc(C(=O)NCCc4cnccn4)ccc3n(-c3ccc(C(F)(F)F)cc3)c2n1. The van der Waals surface area contributed by atoms with Crippen molar-refractivity contribution >= 4 is 27.8 Å². The van der Waals surface area contributed by atoms with E-state index in [0.717, 1.165) is 34.1 Å². The lowest BCUT2D eigenvalue weighted by Gasteiger charge is -2.10. The van der Waals surface area contributed by atoms with Gasteiger partial charge >= 0.3 is 6.18 Å². The van der Waals surface area contributed by atoms with E-state index in [9.17, 15) is 18.0 Å². The fourth-order valence-electron chi connectivity index (χ4n) is 3.96. The lowest BCUT2D eigenvalue weighted by Crippen LogP contribution is -2.25. The zero-order chi connectivity index (χ0) is 23.9. The van der Waals surface area contributed by atoms with Gasteiger partial charge in [-0.1, -0.05) is 0 Å². The average molecular weight is 464 g/mol. The highest BCUT2D eigenvalue weighted by atomic mass is 19.4. The maximum Gasteiger partial charge on any atom is 0.416 e. The number of amides is 1. The number of aryl methyl sites for hydroxylation is 1. The maximum absolute atomic E-state index is 13.0. The first-order valence-electron chi connectivity index (χ1n) is 10.5. The van der Waals surface area contributed by atoms with E-state index in [2.05, 4.69) is 20.4 Å². The summed E-state index contributed by atoms with van der Waals surface area (Å²) < 4.78 is 42.5. The van der Waals surface area contributed by atoms with Crippen molar-refractivity contribution in [2.45, 2.75) is 12.6 Å². The Balaban J connectivity index is 1.48. The first-order chi connectivity index (χ1) is 16.3. The minimum absolute atomic E-state index is 0.231. The summed E-state index contributed by atoms with van der Waals surface area (Å²) in [4.78, 5) is 20.9. The molecule has 34 heavy (non-hydrogen) atoms. The van der Waals surface area contributed by atoms with E-state index in [1.807, 2.05) is 6.20 Å². The summed E-state index contributed by atoms with van der Waals surface area (Å²) in [5.41, 5.74) is 2.43. The molecule has 0 saturated carbocycles. The van der Waals surface area contributed by atoms with Gasteiger partial charge < -0.3 is 5.32 Å². The number of fused-ring (bicyclic) bond motifs is 3. The fourth-order valence-corrected chi connectivity index (χ4v) is 3.96. The number of nitrogens with one attached hydrogen (secondary N) is 1.